The normalized spacial score (nSPS) is 11.4. The molecule has 0 atom stereocenters. The molecule has 0 unspecified atom stereocenters. The van der Waals surface area contributed by atoms with Crippen LogP contribution in [0, 0.1) is 0 Å². The molecular formula is C31H30N2O. The lowest BCUT2D eigenvalue weighted by Gasteiger charge is -2.20. The lowest BCUT2D eigenvalue weighted by Crippen LogP contribution is -2.16. The number of ether oxygens (including phenoxy) is 1. The van der Waals surface area contributed by atoms with E-state index < -0.39 is 0 Å². The van der Waals surface area contributed by atoms with Crippen LogP contribution in [-0.2, 0) is 6.54 Å². The van der Waals surface area contributed by atoms with Gasteiger partial charge in [0.25, 0.3) is 0 Å². The second kappa shape index (κ2) is 9.96. The van der Waals surface area contributed by atoms with Gasteiger partial charge in [0.05, 0.1) is 23.5 Å². The van der Waals surface area contributed by atoms with E-state index in [1.165, 1.54) is 16.7 Å². The summed E-state index contributed by atoms with van der Waals surface area (Å²) in [5, 5.41) is 0. The molecule has 0 aliphatic heterocycles. The molecule has 0 fully saturated rings. The number of fused-ring (bicyclic) bond motifs is 1. The SMILES string of the molecule is CC(C)c1ccccc1OCCn1c(C(c2ccccc2)c2ccccc2)nc2ccccc21. The number of hydrogen-bond acceptors (Lipinski definition) is 2. The van der Waals surface area contributed by atoms with Gasteiger partial charge in [-0.2, -0.15) is 0 Å². The van der Waals surface area contributed by atoms with Crippen LogP contribution in [-0.4, -0.2) is 16.2 Å². The molecule has 3 heteroatoms. The molecular weight excluding hydrogens is 416 g/mol. The van der Waals surface area contributed by atoms with Crippen LogP contribution in [0.3, 0.4) is 0 Å². The van der Waals surface area contributed by atoms with E-state index in [1.54, 1.807) is 0 Å². The van der Waals surface area contributed by atoms with Crippen LogP contribution in [0.1, 0.15) is 48.2 Å². The Morgan fingerprint density at radius 1 is 0.706 bits per heavy atom. The van der Waals surface area contributed by atoms with Crippen molar-refractivity contribution in [3.63, 3.8) is 0 Å². The molecule has 5 aromatic rings. The van der Waals surface area contributed by atoms with Gasteiger partial charge in [0.15, 0.2) is 0 Å². The van der Waals surface area contributed by atoms with Crippen molar-refractivity contribution < 1.29 is 4.74 Å². The quantitative estimate of drug-likeness (QED) is 0.248. The third kappa shape index (κ3) is 4.47. The number of imidazole rings is 1. The number of rotatable bonds is 8. The van der Waals surface area contributed by atoms with E-state index in [0.29, 0.717) is 12.5 Å². The Bertz CT molecular complexity index is 1320. The Balaban J connectivity index is 1.54. The maximum Gasteiger partial charge on any atom is 0.122 e. The maximum atomic E-state index is 6.32. The third-order valence-corrected chi connectivity index (χ3v) is 6.32. The monoisotopic (exact) mass is 446 g/mol. The average molecular weight is 447 g/mol. The van der Waals surface area contributed by atoms with E-state index in [-0.39, 0.29) is 5.92 Å². The molecule has 0 N–H and O–H groups in total. The van der Waals surface area contributed by atoms with Crippen molar-refractivity contribution in [3.05, 3.63) is 132 Å². The second-order valence-corrected chi connectivity index (χ2v) is 8.91. The Morgan fingerprint density at radius 3 is 1.97 bits per heavy atom. The summed E-state index contributed by atoms with van der Waals surface area (Å²) < 4.78 is 8.65. The zero-order chi connectivity index (χ0) is 23.3. The summed E-state index contributed by atoms with van der Waals surface area (Å²) in [6.45, 7) is 5.70. The summed E-state index contributed by atoms with van der Waals surface area (Å²) in [6.07, 6.45) is 0. The molecule has 0 amide bonds. The van der Waals surface area contributed by atoms with E-state index >= 15 is 0 Å². The number of hydrogen-bond donors (Lipinski definition) is 0. The molecule has 0 bridgehead atoms. The van der Waals surface area contributed by atoms with Crippen LogP contribution in [0.15, 0.2) is 109 Å². The van der Waals surface area contributed by atoms with Crippen LogP contribution in [0.4, 0.5) is 0 Å². The minimum atomic E-state index is 0.0396. The van der Waals surface area contributed by atoms with E-state index in [4.69, 9.17) is 9.72 Å². The molecule has 1 heterocycles. The fourth-order valence-electron chi connectivity index (χ4n) is 4.67. The minimum absolute atomic E-state index is 0.0396. The largest absolute Gasteiger partial charge is 0.491 e. The first-order valence-electron chi connectivity index (χ1n) is 12.0. The number of benzene rings is 4. The van der Waals surface area contributed by atoms with Gasteiger partial charge in [-0.15, -0.1) is 0 Å². The van der Waals surface area contributed by atoms with Crippen molar-refractivity contribution >= 4 is 11.0 Å². The highest BCUT2D eigenvalue weighted by Gasteiger charge is 2.23. The Morgan fingerprint density at radius 2 is 1.29 bits per heavy atom. The highest BCUT2D eigenvalue weighted by atomic mass is 16.5. The van der Waals surface area contributed by atoms with Crippen LogP contribution in [0.2, 0.25) is 0 Å². The summed E-state index contributed by atoms with van der Waals surface area (Å²) in [4.78, 5) is 5.14. The Kier molecular flexibility index (Phi) is 6.44. The Labute approximate surface area is 201 Å². The second-order valence-electron chi connectivity index (χ2n) is 8.91. The lowest BCUT2D eigenvalue weighted by atomic mass is 9.90. The van der Waals surface area contributed by atoms with Gasteiger partial charge in [0, 0.05) is 0 Å². The van der Waals surface area contributed by atoms with Gasteiger partial charge in [-0.05, 0) is 40.8 Å². The molecule has 0 saturated heterocycles. The maximum absolute atomic E-state index is 6.32. The average Bonchev–Trinajstić information content (AvgIpc) is 3.24. The fourth-order valence-corrected chi connectivity index (χ4v) is 4.67. The van der Waals surface area contributed by atoms with Gasteiger partial charge < -0.3 is 9.30 Å². The molecule has 3 nitrogen and oxygen atoms in total. The molecule has 5 rings (SSSR count). The fraction of sp³-hybridized carbons (Fsp3) is 0.194. The Hall–Kier alpha value is -3.85. The standard InChI is InChI=1S/C31H30N2O/c1-23(2)26-17-9-12-20-29(26)34-22-21-33-28-19-11-10-18-27(28)32-31(33)30(24-13-5-3-6-14-24)25-15-7-4-8-16-25/h3-20,23,30H,21-22H2,1-2H3. The number of aromatic nitrogens is 2. The predicted molar refractivity (Wildman–Crippen MR) is 140 cm³/mol. The van der Waals surface area contributed by atoms with Gasteiger partial charge >= 0.3 is 0 Å². The van der Waals surface area contributed by atoms with Crippen molar-refractivity contribution in [2.75, 3.05) is 6.61 Å². The zero-order valence-corrected chi connectivity index (χ0v) is 19.8. The van der Waals surface area contributed by atoms with Crippen molar-refractivity contribution in [3.8, 4) is 5.75 Å². The van der Waals surface area contributed by atoms with E-state index in [1.807, 2.05) is 6.07 Å². The molecule has 0 radical (unpaired) electrons. The van der Waals surface area contributed by atoms with Gasteiger partial charge in [0.2, 0.25) is 0 Å². The lowest BCUT2D eigenvalue weighted by molar-refractivity contribution is 0.294. The summed E-state index contributed by atoms with van der Waals surface area (Å²) in [7, 11) is 0. The van der Waals surface area contributed by atoms with Gasteiger partial charge in [0.1, 0.15) is 18.2 Å². The van der Waals surface area contributed by atoms with Crippen molar-refractivity contribution in [1.82, 2.24) is 9.55 Å². The molecule has 4 aromatic carbocycles. The molecule has 0 aliphatic rings. The van der Waals surface area contributed by atoms with Crippen molar-refractivity contribution in [1.29, 1.82) is 0 Å². The minimum Gasteiger partial charge on any atom is -0.491 e. The van der Waals surface area contributed by atoms with Crippen LogP contribution in [0.5, 0.6) is 5.75 Å². The van der Waals surface area contributed by atoms with Crippen molar-refractivity contribution in [2.24, 2.45) is 0 Å². The van der Waals surface area contributed by atoms with E-state index in [9.17, 15) is 0 Å². The molecule has 34 heavy (non-hydrogen) atoms. The molecule has 1 aromatic heterocycles. The van der Waals surface area contributed by atoms with Crippen LogP contribution >= 0.6 is 0 Å². The number of nitrogens with zero attached hydrogens (tertiary/aromatic N) is 2. The summed E-state index contributed by atoms with van der Waals surface area (Å²) in [5.41, 5.74) is 5.85. The van der Waals surface area contributed by atoms with Gasteiger partial charge in [-0.3, -0.25) is 0 Å². The van der Waals surface area contributed by atoms with E-state index in [0.717, 1.165) is 29.2 Å². The third-order valence-electron chi connectivity index (χ3n) is 6.32. The summed E-state index contributed by atoms with van der Waals surface area (Å²) in [5.74, 6) is 2.46. The predicted octanol–water partition coefficient (Wildman–Crippen LogP) is 7.42. The first-order chi connectivity index (χ1) is 16.7. The summed E-state index contributed by atoms with van der Waals surface area (Å²) >= 11 is 0. The number of para-hydroxylation sites is 3. The van der Waals surface area contributed by atoms with E-state index in [2.05, 4.69) is 122 Å². The smallest absolute Gasteiger partial charge is 0.122 e. The summed E-state index contributed by atoms with van der Waals surface area (Å²) in [6, 6.07) is 38.0. The first-order valence-corrected chi connectivity index (χ1v) is 12.0. The molecule has 0 aliphatic carbocycles. The van der Waals surface area contributed by atoms with Crippen LogP contribution in [0.25, 0.3) is 11.0 Å². The van der Waals surface area contributed by atoms with Gasteiger partial charge in [-0.1, -0.05) is 105 Å². The van der Waals surface area contributed by atoms with Crippen molar-refractivity contribution in [2.45, 2.75) is 32.2 Å². The topological polar surface area (TPSA) is 27.1 Å². The molecule has 0 saturated carbocycles. The van der Waals surface area contributed by atoms with Crippen LogP contribution < -0.4 is 4.74 Å². The zero-order valence-electron chi connectivity index (χ0n) is 19.8. The highest BCUT2D eigenvalue weighted by Crippen LogP contribution is 2.33. The first kappa shape index (κ1) is 22.0. The molecule has 170 valence electrons. The molecule has 0 spiro atoms. The van der Waals surface area contributed by atoms with Gasteiger partial charge in [-0.25, -0.2) is 4.98 Å². The highest BCUT2D eigenvalue weighted by molar-refractivity contribution is 5.76.